The number of likely N-dealkylation sites (N-methyl/N-ethyl adjacent to an activating group) is 1. The van der Waals surface area contributed by atoms with Gasteiger partial charge < -0.3 is 9.52 Å². The van der Waals surface area contributed by atoms with E-state index in [0.717, 1.165) is 5.56 Å². The normalized spacial score (nSPS) is 10.4. The van der Waals surface area contributed by atoms with Gasteiger partial charge in [-0.25, -0.2) is 4.79 Å². The quantitative estimate of drug-likeness (QED) is 0.720. The Morgan fingerprint density at radius 1 is 1.71 bits per heavy atom. The summed E-state index contributed by atoms with van der Waals surface area (Å²) in [4.78, 5) is 12.4. The number of nitrogens with zero attached hydrogens (tertiary/aromatic N) is 1. The average molecular weight is 195 g/mol. The first kappa shape index (κ1) is 10.5. The Morgan fingerprint density at radius 3 is 2.93 bits per heavy atom. The Balaban J connectivity index is 2.40. The molecule has 0 saturated heterocycles. The highest BCUT2D eigenvalue weighted by atomic mass is 16.4. The van der Waals surface area contributed by atoms with Crippen LogP contribution in [-0.4, -0.2) is 29.6 Å². The van der Waals surface area contributed by atoms with Gasteiger partial charge in [0.15, 0.2) is 0 Å². The molecule has 1 aromatic heterocycles. The molecule has 1 heterocycles. The average Bonchev–Trinajstić information content (AvgIpc) is 2.56. The van der Waals surface area contributed by atoms with Crippen LogP contribution in [0.2, 0.25) is 0 Å². The topological polar surface area (TPSA) is 53.7 Å². The number of aliphatic carboxylic acids is 1. The van der Waals surface area contributed by atoms with E-state index in [1.54, 1.807) is 12.5 Å². The third-order valence-electron chi connectivity index (χ3n) is 1.80. The van der Waals surface area contributed by atoms with Crippen molar-refractivity contribution in [2.75, 3.05) is 13.6 Å². The van der Waals surface area contributed by atoms with Crippen molar-refractivity contribution < 1.29 is 14.3 Å². The summed E-state index contributed by atoms with van der Waals surface area (Å²) in [5.41, 5.74) is 1.21. The van der Waals surface area contributed by atoms with Crippen LogP contribution in [0.15, 0.2) is 35.2 Å². The maximum Gasteiger partial charge on any atom is 0.332 e. The SMILES string of the molecule is C=C(CN(C)Cc1ccoc1)C(=O)O. The van der Waals surface area contributed by atoms with Crippen molar-refractivity contribution in [3.05, 3.63) is 36.3 Å². The first-order valence-corrected chi connectivity index (χ1v) is 4.20. The van der Waals surface area contributed by atoms with Crippen molar-refractivity contribution in [1.29, 1.82) is 0 Å². The van der Waals surface area contributed by atoms with Gasteiger partial charge in [-0.2, -0.15) is 0 Å². The lowest BCUT2D eigenvalue weighted by molar-refractivity contribution is -0.132. The molecule has 0 spiro atoms. The summed E-state index contributed by atoms with van der Waals surface area (Å²) in [5, 5.41) is 8.61. The maximum absolute atomic E-state index is 10.5. The van der Waals surface area contributed by atoms with Crippen LogP contribution < -0.4 is 0 Å². The molecule has 0 saturated carbocycles. The predicted octanol–water partition coefficient (Wildman–Crippen LogP) is 1.35. The number of hydrogen-bond acceptors (Lipinski definition) is 3. The molecule has 0 aromatic carbocycles. The molecule has 1 N–H and O–H groups in total. The molecule has 1 aromatic rings. The van der Waals surface area contributed by atoms with Crippen LogP contribution in [0.5, 0.6) is 0 Å². The number of carboxylic acid groups (broad SMARTS) is 1. The van der Waals surface area contributed by atoms with E-state index in [1.165, 1.54) is 0 Å². The lowest BCUT2D eigenvalue weighted by Crippen LogP contribution is -2.22. The monoisotopic (exact) mass is 195 g/mol. The second kappa shape index (κ2) is 4.62. The molecule has 0 aliphatic rings. The fraction of sp³-hybridized carbons (Fsp3) is 0.300. The van der Waals surface area contributed by atoms with Crippen molar-refractivity contribution in [3.8, 4) is 0 Å². The molecule has 1 rings (SSSR count). The van der Waals surface area contributed by atoms with Gasteiger partial charge >= 0.3 is 5.97 Å². The van der Waals surface area contributed by atoms with Gasteiger partial charge in [0, 0.05) is 24.2 Å². The molecule has 0 atom stereocenters. The molecule has 0 fully saturated rings. The fourth-order valence-electron chi connectivity index (χ4n) is 1.14. The number of rotatable bonds is 5. The second-order valence-corrected chi connectivity index (χ2v) is 3.21. The van der Waals surface area contributed by atoms with Crippen LogP contribution in [0.3, 0.4) is 0 Å². The minimum atomic E-state index is -0.955. The predicted molar refractivity (Wildman–Crippen MR) is 51.8 cm³/mol. The van der Waals surface area contributed by atoms with E-state index in [9.17, 15) is 4.79 Å². The van der Waals surface area contributed by atoms with Gasteiger partial charge in [0.2, 0.25) is 0 Å². The number of furan rings is 1. The lowest BCUT2D eigenvalue weighted by Gasteiger charge is -2.14. The van der Waals surface area contributed by atoms with Gasteiger partial charge in [0.1, 0.15) is 0 Å². The molecule has 4 heteroatoms. The molecule has 0 unspecified atom stereocenters. The first-order chi connectivity index (χ1) is 6.59. The van der Waals surface area contributed by atoms with Gasteiger partial charge in [-0.05, 0) is 13.1 Å². The van der Waals surface area contributed by atoms with Crippen LogP contribution >= 0.6 is 0 Å². The zero-order valence-electron chi connectivity index (χ0n) is 8.06. The standard InChI is InChI=1S/C10H13NO3/c1-8(10(12)13)5-11(2)6-9-3-4-14-7-9/h3-4,7H,1,5-6H2,2H3,(H,12,13). The largest absolute Gasteiger partial charge is 0.478 e. The number of hydrogen-bond donors (Lipinski definition) is 1. The van der Waals surface area contributed by atoms with Crippen molar-refractivity contribution in [3.63, 3.8) is 0 Å². The zero-order chi connectivity index (χ0) is 10.6. The molecule has 14 heavy (non-hydrogen) atoms. The third kappa shape index (κ3) is 3.06. The Labute approximate surface area is 82.4 Å². The van der Waals surface area contributed by atoms with Gasteiger partial charge in [-0.3, -0.25) is 4.90 Å². The summed E-state index contributed by atoms with van der Waals surface area (Å²) >= 11 is 0. The van der Waals surface area contributed by atoms with Crippen LogP contribution in [0, 0.1) is 0 Å². The van der Waals surface area contributed by atoms with Gasteiger partial charge in [-0.1, -0.05) is 6.58 Å². The molecule has 0 radical (unpaired) electrons. The van der Waals surface area contributed by atoms with Crippen molar-refractivity contribution in [2.45, 2.75) is 6.54 Å². The van der Waals surface area contributed by atoms with E-state index < -0.39 is 5.97 Å². The molecule has 0 amide bonds. The summed E-state index contributed by atoms with van der Waals surface area (Å²) in [6.07, 6.45) is 3.23. The minimum Gasteiger partial charge on any atom is -0.478 e. The summed E-state index contributed by atoms with van der Waals surface area (Å²) in [7, 11) is 1.83. The Kier molecular flexibility index (Phi) is 3.48. The van der Waals surface area contributed by atoms with E-state index in [2.05, 4.69) is 6.58 Å². The number of carboxylic acids is 1. The molecule has 4 nitrogen and oxygen atoms in total. The van der Waals surface area contributed by atoms with E-state index in [-0.39, 0.29) is 5.57 Å². The van der Waals surface area contributed by atoms with E-state index >= 15 is 0 Å². The van der Waals surface area contributed by atoms with Crippen LogP contribution in [0.4, 0.5) is 0 Å². The van der Waals surface area contributed by atoms with Crippen LogP contribution in [0.25, 0.3) is 0 Å². The molecule has 0 aliphatic carbocycles. The van der Waals surface area contributed by atoms with E-state index in [0.29, 0.717) is 13.1 Å². The van der Waals surface area contributed by atoms with Gasteiger partial charge in [-0.15, -0.1) is 0 Å². The Bertz CT molecular complexity index is 316. The van der Waals surface area contributed by atoms with Gasteiger partial charge in [0.05, 0.1) is 12.5 Å². The van der Waals surface area contributed by atoms with E-state index in [1.807, 2.05) is 18.0 Å². The zero-order valence-corrected chi connectivity index (χ0v) is 8.06. The maximum atomic E-state index is 10.5. The highest BCUT2D eigenvalue weighted by molar-refractivity contribution is 5.86. The molecule has 0 bridgehead atoms. The summed E-state index contributed by atoms with van der Waals surface area (Å²) in [5.74, 6) is -0.955. The van der Waals surface area contributed by atoms with Gasteiger partial charge in [0.25, 0.3) is 0 Å². The fourth-order valence-corrected chi connectivity index (χ4v) is 1.14. The third-order valence-corrected chi connectivity index (χ3v) is 1.80. The lowest BCUT2D eigenvalue weighted by atomic mass is 10.2. The van der Waals surface area contributed by atoms with Crippen molar-refractivity contribution in [2.24, 2.45) is 0 Å². The van der Waals surface area contributed by atoms with Crippen LogP contribution in [-0.2, 0) is 11.3 Å². The first-order valence-electron chi connectivity index (χ1n) is 4.20. The highest BCUT2D eigenvalue weighted by Crippen LogP contribution is 2.05. The number of carbonyl (C=O) groups is 1. The summed E-state index contributed by atoms with van der Waals surface area (Å²) < 4.78 is 4.90. The van der Waals surface area contributed by atoms with Crippen LogP contribution in [0.1, 0.15) is 5.56 Å². The highest BCUT2D eigenvalue weighted by Gasteiger charge is 2.08. The molecular weight excluding hydrogens is 182 g/mol. The molecule has 0 aliphatic heterocycles. The minimum absolute atomic E-state index is 0.191. The van der Waals surface area contributed by atoms with Crippen molar-refractivity contribution >= 4 is 5.97 Å². The summed E-state index contributed by atoms with van der Waals surface area (Å²) in [6.45, 7) is 4.46. The second-order valence-electron chi connectivity index (χ2n) is 3.21. The Morgan fingerprint density at radius 2 is 2.43 bits per heavy atom. The summed E-state index contributed by atoms with van der Waals surface area (Å²) in [6, 6.07) is 1.85. The molecular formula is C10H13NO3. The smallest absolute Gasteiger partial charge is 0.332 e. The van der Waals surface area contributed by atoms with E-state index in [4.69, 9.17) is 9.52 Å². The molecule has 76 valence electrons. The Hall–Kier alpha value is -1.55. The van der Waals surface area contributed by atoms with Crippen molar-refractivity contribution in [1.82, 2.24) is 4.90 Å².